The lowest BCUT2D eigenvalue weighted by Gasteiger charge is -2.19. The molecule has 0 unspecified atom stereocenters. The van der Waals surface area contributed by atoms with Gasteiger partial charge in [0.2, 0.25) is 5.95 Å². The Bertz CT molecular complexity index is 330. The van der Waals surface area contributed by atoms with Crippen molar-refractivity contribution < 1.29 is 5.11 Å². The van der Waals surface area contributed by atoms with Gasteiger partial charge in [-0.3, -0.25) is 0 Å². The number of aliphatic hydroxyl groups excluding tert-OH is 1. The van der Waals surface area contributed by atoms with Crippen molar-refractivity contribution in [1.29, 1.82) is 0 Å². The molecule has 0 fully saturated rings. The van der Waals surface area contributed by atoms with Crippen LogP contribution in [0.5, 0.6) is 0 Å². The van der Waals surface area contributed by atoms with Crippen molar-refractivity contribution in [3.8, 4) is 0 Å². The third-order valence-corrected chi connectivity index (χ3v) is 2.73. The third kappa shape index (κ3) is 1.39. The summed E-state index contributed by atoms with van der Waals surface area (Å²) in [6.45, 7) is 1.10. The van der Waals surface area contributed by atoms with Gasteiger partial charge in [-0.25, -0.2) is 4.98 Å². The summed E-state index contributed by atoms with van der Waals surface area (Å²) in [5, 5.41) is 9.19. The van der Waals surface area contributed by atoms with E-state index in [1.807, 2.05) is 19.0 Å². The van der Waals surface area contributed by atoms with Crippen LogP contribution in [0.25, 0.3) is 0 Å². The van der Waals surface area contributed by atoms with E-state index >= 15 is 0 Å². The predicted molar refractivity (Wildman–Crippen MR) is 55.4 cm³/mol. The van der Waals surface area contributed by atoms with E-state index in [1.54, 1.807) is 0 Å². The summed E-state index contributed by atoms with van der Waals surface area (Å²) < 4.78 is 2.23. The van der Waals surface area contributed by atoms with Gasteiger partial charge in [-0.15, -0.1) is 0 Å². The van der Waals surface area contributed by atoms with E-state index in [1.165, 1.54) is 18.5 Å². The van der Waals surface area contributed by atoms with Crippen LogP contribution in [-0.2, 0) is 19.6 Å². The van der Waals surface area contributed by atoms with Gasteiger partial charge < -0.3 is 14.6 Å². The minimum absolute atomic E-state index is 0.0587. The highest BCUT2D eigenvalue weighted by molar-refractivity contribution is 5.36. The van der Waals surface area contributed by atoms with Gasteiger partial charge in [-0.2, -0.15) is 0 Å². The maximum atomic E-state index is 9.19. The number of anilines is 1. The molecular formula is C10H17N3O. The molecule has 0 amide bonds. The molecule has 2 rings (SSSR count). The van der Waals surface area contributed by atoms with Crippen LogP contribution in [0.4, 0.5) is 5.95 Å². The summed E-state index contributed by atoms with van der Waals surface area (Å²) in [7, 11) is 3.98. The number of fused-ring (bicyclic) bond motifs is 1. The average Bonchev–Trinajstić information content (AvgIpc) is 2.56. The molecule has 2 heterocycles. The van der Waals surface area contributed by atoms with E-state index in [-0.39, 0.29) is 6.61 Å². The van der Waals surface area contributed by atoms with Crippen LogP contribution in [0.2, 0.25) is 0 Å². The summed E-state index contributed by atoms with van der Waals surface area (Å²) in [6.07, 6.45) is 3.48. The standard InChI is InChI=1S/C10H17N3O/c1-12(2)10-11-8(7-14)9-5-3-4-6-13(9)10/h14H,3-7H2,1-2H3. The van der Waals surface area contributed by atoms with E-state index in [9.17, 15) is 5.11 Å². The summed E-state index contributed by atoms with van der Waals surface area (Å²) in [5.74, 6) is 0.976. The normalized spacial score (nSPS) is 15.4. The highest BCUT2D eigenvalue weighted by Gasteiger charge is 2.19. The zero-order chi connectivity index (χ0) is 10.1. The summed E-state index contributed by atoms with van der Waals surface area (Å²) in [6, 6.07) is 0. The maximum Gasteiger partial charge on any atom is 0.205 e. The second-order valence-corrected chi connectivity index (χ2v) is 3.97. The van der Waals surface area contributed by atoms with E-state index in [0.29, 0.717) is 0 Å². The lowest BCUT2D eigenvalue weighted by molar-refractivity contribution is 0.275. The number of aromatic nitrogens is 2. The van der Waals surface area contributed by atoms with Crippen molar-refractivity contribution >= 4 is 5.95 Å². The van der Waals surface area contributed by atoms with Crippen LogP contribution >= 0.6 is 0 Å². The van der Waals surface area contributed by atoms with Gasteiger partial charge in [-0.05, 0) is 19.3 Å². The Morgan fingerprint density at radius 3 is 2.86 bits per heavy atom. The zero-order valence-corrected chi connectivity index (χ0v) is 8.82. The molecule has 1 aliphatic rings. The lowest BCUT2D eigenvalue weighted by Crippen LogP contribution is -2.18. The van der Waals surface area contributed by atoms with E-state index in [0.717, 1.165) is 24.6 Å². The quantitative estimate of drug-likeness (QED) is 0.758. The van der Waals surface area contributed by atoms with Gasteiger partial charge >= 0.3 is 0 Å². The first kappa shape index (κ1) is 9.52. The van der Waals surface area contributed by atoms with Crippen molar-refractivity contribution in [2.75, 3.05) is 19.0 Å². The fourth-order valence-electron chi connectivity index (χ4n) is 2.07. The van der Waals surface area contributed by atoms with Gasteiger partial charge in [0.15, 0.2) is 0 Å². The van der Waals surface area contributed by atoms with Crippen molar-refractivity contribution in [2.45, 2.75) is 32.4 Å². The molecule has 0 atom stereocenters. The Balaban J connectivity index is 2.46. The topological polar surface area (TPSA) is 41.3 Å². The van der Waals surface area contributed by atoms with Crippen molar-refractivity contribution in [2.24, 2.45) is 0 Å². The second-order valence-electron chi connectivity index (χ2n) is 3.97. The number of aliphatic hydroxyl groups is 1. The highest BCUT2D eigenvalue weighted by atomic mass is 16.3. The Kier molecular flexibility index (Phi) is 2.46. The molecule has 0 aromatic carbocycles. The largest absolute Gasteiger partial charge is 0.390 e. The van der Waals surface area contributed by atoms with Crippen LogP contribution < -0.4 is 4.90 Å². The van der Waals surface area contributed by atoms with Crippen molar-refractivity contribution in [1.82, 2.24) is 9.55 Å². The first-order valence-corrected chi connectivity index (χ1v) is 5.10. The van der Waals surface area contributed by atoms with Gasteiger partial charge in [0.25, 0.3) is 0 Å². The molecule has 4 heteroatoms. The van der Waals surface area contributed by atoms with Crippen LogP contribution in [0.1, 0.15) is 24.2 Å². The molecule has 0 radical (unpaired) electrons. The van der Waals surface area contributed by atoms with Crippen molar-refractivity contribution in [3.05, 3.63) is 11.4 Å². The lowest BCUT2D eigenvalue weighted by atomic mass is 10.1. The number of rotatable bonds is 2. The molecule has 1 aromatic rings. The average molecular weight is 195 g/mol. The molecule has 0 bridgehead atoms. The minimum atomic E-state index is 0.0587. The number of imidazole rings is 1. The Hall–Kier alpha value is -1.03. The van der Waals surface area contributed by atoms with E-state index in [4.69, 9.17) is 0 Å². The smallest absolute Gasteiger partial charge is 0.205 e. The van der Waals surface area contributed by atoms with Crippen LogP contribution in [0.3, 0.4) is 0 Å². The van der Waals surface area contributed by atoms with E-state index in [2.05, 4.69) is 9.55 Å². The monoisotopic (exact) mass is 195 g/mol. The van der Waals surface area contributed by atoms with Gasteiger partial charge in [0, 0.05) is 26.3 Å². The maximum absolute atomic E-state index is 9.19. The zero-order valence-electron chi connectivity index (χ0n) is 8.82. The van der Waals surface area contributed by atoms with Gasteiger partial charge in [0.1, 0.15) is 0 Å². The summed E-state index contributed by atoms with van der Waals surface area (Å²) in [4.78, 5) is 6.46. The van der Waals surface area contributed by atoms with Crippen LogP contribution in [0, 0.1) is 0 Å². The predicted octanol–water partition coefficient (Wildman–Crippen LogP) is 0.778. The number of hydrogen-bond acceptors (Lipinski definition) is 3. The third-order valence-electron chi connectivity index (χ3n) is 2.73. The van der Waals surface area contributed by atoms with E-state index < -0.39 is 0 Å². The molecule has 0 spiro atoms. The minimum Gasteiger partial charge on any atom is -0.390 e. The molecule has 1 aliphatic heterocycles. The Morgan fingerprint density at radius 1 is 1.43 bits per heavy atom. The molecule has 0 saturated heterocycles. The van der Waals surface area contributed by atoms with Crippen LogP contribution in [-0.4, -0.2) is 28.8 Å². The SMILES string of the molecule is CN(C)c1nc(CO)c2n1CCCC2. The highest BCUT2D eigenvalue weighted by Crippen LogP contribution is 2.24. The molecular weight excluding hydrogens is 178 g/mol. The summed E-state index contributed by atoms with van der Waals surface area (Å²) >= 11 is 0. The number of hydrogen-bond donors (Lipinski definition) is 1. The molecule has 0 saturated carbocycles. The fourth-order valence-corrected chi connectivity index (χ4v) is 2.07. The molecule has 4 nitrogen and oxygen atoms in total. The van der Waals surface area contributed by atoms with Gasteiger partial charge in [-0.1, -0.05) is 0 Å². The fraction of sp³-hybridized carbons (Fsp3) is 0.700. The Morgan fingerprint density at radius 2 is 2.21 bits per heavy atom. The van der Waals surface area contributed by atoms with Crippen molar-refractivity contribution in [3.63, 3.8) is 0 Å². The first-order chi connectivity index (χ1) is 6.74. The van der Waals surface area contributed by atoms with Crippen LogP contribution in [0.15, 0.2) is 0 Å². The second kappa shape index (κ2) is 3.61. The first-order valence-electron chi connectivity index (χ1n) is 5.10. The molecule has 1 aromatic heterocycles. The molecule has 78 valence electrons. The molecule has 0 aliphatic carbocycles. The summed E-state index contributed by atoms with van der Waals surface area (Å²) in [5.41, 5.74) is 2.08. The molecule has 14 heavy (non-hydrogen) atoms. The number of nitrogens with zero attached hydrogens (tertiary/aromatic N) is 3. The Labute approximate surface area is 84.2 Å². The molecule has 1 N–H and O–H groups in total. The van der Waals surface area contributed by atoms with Gasteiger partial charge in [0.05, 0.1) is 12.3 Å².